The molecule has 1 aliphatic rings. The third-order valence-corrected chi connectivity index (χ3v) is 6.84. The second-order valence-electron chi connectivity index (χ2n) is 10.9. The highest BCUT2D eigenvalue weighted by atomic mass is 16.5. The molecule has 3 aromatic rings. The molecule has 2 aromatic heterocycles. The summed E-state index contributed by atoms with van der Waals surface area (Å²) in [5.41, 5.74) is 4.49. The average Bonchev–Trinajstić information content (AvgIpc) is 3.21. The number of nitrogens with zero attached hydrogens (tertiary/aromatic N) is 2. The van der Waals surface area contributed by atoms with Gasteiger partial charge in [0.05, 0.1) is 17.1 Å². The second kappa shape index (κ2) is 12.0. The maximum atomic E-state index is 12.6. The minimum atomic E-state index is -0.358. The van der Waals surface area contributed by atoms with Crippen molar-refractivity contribution in [2.45, 2.75) is 79.1 Å². The topological polar surface area (TPSA) is 98.2 Å². The van der Waals surface area contributed by atoms with Gasteiger partial charge < -0.3 is 24.3 Å². The molecule has 8 nitrogen and oxygen atoms in total. The van der Waals surface area contributed by atoms with Crippen molar-refractivity contribution in [1.29, 1.82) is 0 Å². The van der Waals surface area contributed by atoms with Crippen molar-refractivity contribution in [2.75, 3.05) is 13.2 Å². The molecule has 1 aromatic carbocycles. The van der Waals surface area contributed by atoms with Gasteiger partial charge in [0.1, 0.15) is 11.9 Å². The summed E-state index contributed by atoms with van der Waals surface area (Å²) in [5, 5.41) is 3.41. The van der Waals surface area contributed by atoms with E-state index in [1.54, 1.807) is 6.20 Å². The summed E-state index contributed by atoms with van der Waals surface area (Å²) in [7, 11) is 0. The summed E-state index contributed by atoms with van der Waals surface area (Å²) < 4.78 is 13.3. The molecule has 0 bridgehead atoms. The minimum absolute atomic E-state index is 0.0869. The van der Waals surface area contributed by atoms with Crippen LogP contribution in [0.2, 0.25) is 0 Å². The lowest BCUT2D eigenvalue weighted by Crippen LogP contribution is -2.39. The van der Waals surface area contributed by atoms with Crippen molar-refractivity contribution < 1.29 is 14.3 Å². The van der Waals surface area contributed by atoms with E-state index in [0.29, 0.717) is 30.4 Å². The zero-order valence-corrected chi connectivity index (χ0v) is 22.7. The van der Waals surface area contributed by atoms with Crippen molar-refractivity contribution in [3.63, 3.8) is 0 Å². The first-order valence-electron chi connectivity index (χ1n) is 13.4. The second-order valence-corrected chi connectivity index (χ2v) is 10.9. The standard InChI is InChI=1S/C29H40N4O4/c1-18(2)12-25(29(35)37-19(3)4)30-15-22-6-7-26-24(14-22)32-27(23-13-20(5)28(34)31-16-23)33(26)17-21-8-10-36-11-9-21/h6-7,13-14,16,18-19,21,25,30H,8-12,15,17H2,1-5H3,(H,31,34)/t25-/m0/s1. The van der Waals surface area contributed by atoms with Gasteiger partial charge in [0.25, 0.3) is 5.56 Å². The molecule has 200 valence electrons. The van der Waals surface area contributed by atoms with Crippen LogP contribution in [-0.4, -0.2) is 45.9 Å². The molecular weight excluding hydrogens is 468 g/mol. The van der Waals surface area contributed by atoms with E-state index in [1.165, 1.54) is 0 Å². The Bertz CT molecular complexity index is 1270. The monoisotopic (exact) mass is 508 g/mol. The average molecular weight is 509 g/mol. The fourth-order valence-electron chi connectivity index (χ4n) is 4.89. The molecule has 1 atom stereocenters. The Hall–Kier alpha value is -2.97. The van der Waals surface area contributed by atoms with Gasteiger partial charge in [-0.1, -0.05) is 19.9 Å². The maximum Gasteiger partial charge on any atom is 0.323 e. The fourth-order valence-corrected chi connectivity index (χ4v) is 4.89. The summed E-state index contributed by atoms with van der Waals surface area (Å²) in [4.78, 5) is 32.5. The molecule has 4 rings (SSSR count). The molecule has 3 heterocycles. The first kappa shape index (κ1) is 27.1. The molecule has 0 saturated carbocycles. The number of fused-ring (bicyclic) bond motifs is 1. The largest absolute Gasteiger partial charge is 0.462 e. The van der Waals surface area contributed by atoms with Crippen LogP contribution in [0.15, 0.2) is 35.3 Å². The minimum Gasteiger partial charge on any atom is -0.462 e. The van der Waals surface area contributed by atoms with Crippen LogP contribution >= 0.6 is 0 Å². The SMILES string of the molecule is Cc1cc(-c2nc3cc(CN[C@@H](CC(C)C)C(=O)OC(C)C)ccc3n2CC2CCOCC2)c[nH]c1=O. The van der Waals surface area contributed by atoms with Crippen molar-refractivity contribution in [3.8, 4) is 11.4 Å². The molecule has 1 aliphatic heterocycles. The molecule has 8 heteroatoms. The molecule has 0 aliphatic carbocycles. The van der Waals surface area contributed by atoms with Gasteiger partial charge in [0.15, 0.2) is 0 Å². The highest BCUT2D eigenvalue weighted by Gasteiger charge is 2.23. The Morgan fingerprint density at radius 2 is 1.97 bits per heavy atom. The fraction of sp³-hybridized carbons (Fsp3) is 0.552. The highest BCUT2D eigenvalue weighted by molar-refractivity contribution is 5.81. The van der Waals surface area contributed by atoms with E-state index in [0.717, 1.165) is 60.6 Å². The van der Waals surface area contributed by atoms with Crippen molar-refractivity contribution in [3.05, 3.63) is 51.9 Å². The number of benzene rings is 1. The number of ether oxygens (including phenoxy) is 2. The summed E-state index contributed by atoms with van der Waals surface area (Å²) in [6, 6.07) is 7.85. The number of hydrogen-bond acceptors (Lipinski definition) is 6. The zero-order valence-electron chi connectivity index (χ0n) is 22.7. The van der Waals surface area contributed by atoms with Gasteiger partial charge in [-0.3, -0.25) is 9.59 Å². The number of aryl methyl sites for hydroxylation is 1. The quantitative estimate of drug-likeness (QED) is 0.389. The van der Waals surface area contributed by atoms with Crippen LogP contribution in [0.3, 0.4) is 0 Å². The summed E-state index contributed by atoms with van der Waals surface area (Å²) >= 11 is 0. The van der Waals surface area contributed by atoms with Crippen LogP contribution in [0.1, 0.15) is 58.1 Å². The van der Waals surface area contributed by atoms with E-state index < -0.39 is 0 Å². The van der Waals surface area contributed by atoms with E-state index in [9.17, 15) is 9.59 Å². The van der Waals surface area contributed by atoms with E-state index in [1.807, 2.05) is 26.8 Å². The lowest BCUT2D eigenvalue weighted by molar-refractivity contribution is -0.150. The number of rotatable bonds is 10. The predicted molar refractivity (Wildman–Crippen MR) is 145 cm³/mol. The summed E-state index contributed by atoms with van der Waals surface area (Å²) in [5.74, 6) is 1.52. The highest BCUT2D eigenvalue weighted by Crippen LogP contribution is 2.28. The van der Waals surface area contributed by atoms with Crippen LogP contribution in [0.5, 0.6) is 0 Å². The Morgan fingerprint density at radius 3 is 2.65 bits per heavy atom. The van der Waals surface area contributed by atoms with Gasteiger partial charge in [-0.25, -0.2) is 4.98 Å². The smallest absolute Gasteiger partial charge is 0.323 e. The Balaban J connectivity index is 1.63. The van der Waals surface area contributed by atoms with Gasteiger partial charge in [0.2, 0.25) is 0 Å². The normalized spacial score (nSPS) is 15.5. The van der Waals surface area contributed by atoms with Gasteiger partial charge in [-0.15, -0.1) is 0 Å². The number of esters is 1. The lowest BCUT2D eigenvalue weighted by atomic mass is 10.00. The lowest BCUT2D eigenvalue weighted by Gasteiger charge is -2.23. The molecule has 1 saturated heterocycles. The number of carbonyl (C=O) groups excluding carboxylic acids is 1. The Labute approximate surface area is 218 Å². The van der Waals surface area contributed by atoms with E-state index >= 15 is 0 Å². The number of pyridine rings is 1. The predicted octanol–water partition coefficient (Wildman–Crippen LogP) is 4.58. The molecule has 1 fully saturated rings. The maximum absolute atomic E-state index is 12.6. The first-order chi connectivity index (χ1) is 17.7. The van der Waals surface area contributed by atoms with Gasteiger partial charge in [0, 0.05) is 43.6 Å². The van der Waals surface area contributed by atoms with Crippen LogP contribution in [0.25, 0.3) is 22.4 Å². The van der Waals surface area contributed by atoms with Crippen molar-refractivity contribution in [1.82, 2.24) is 19.9 Å². The third-order valence-electron chi connectivity index (χ3n) is 6.84. The first-order valence-corrected chi connectivity index (χ1v) is 13.4. The third kappa shape index (κ3) is 6.87. The number of aromatic nitrogens is 3. The number of H-pyrrole nitrogens is 1. The van der Waals surface area contributed by atoms with Gasteiger partial charge in [-0.2, -0.15) is 0 Å². The molecule has 0 amide bonds. The molecule has 2 N–H and O–H groups in total. The van der Waals surface area contributed by atoms with Crippen molar-refractivity contribution in [2.24, 2.45) is 11.8 Å². The van der Waals surface area contributed by atoms with Crippen LogP contribution < -0.4 is 10.9 Å². The molecule has 0 radical (unpaired) electrons. The van der Waals surface area contributed by atoms with Crippen molar-refractivity contribution >= 4 is 17.0 Å². The Kier molecular flexibility index (Phi) is 8.82. The summed E-state index contributed by atoms with van der Waals surface area (Å²) in [6.07, 6.45) is 4.36. The summed E-state index contributed by atoms with van der Waals surface area (Å²) in [6.45, 7) is 12.7. The molecule has 37 heavy (non-hydrogen) atoms. The van der Waals surface area contributed by atoms with Crippen LogP contribution in [-0.2, 0) is 27.4 Å². The number of hydrogen-bond donors (Lipinski definition) is 2. The molecule has 0 unspecified atom stereocenters. The molecular formula is C29H40N4O4. The number of carbonyl (C=O) groups is 1. The number of aromatic amines is 1. The number of nitrogens with one attached hydrogen (secondary N) is 2. The van der Waals surface area contributed by atoms with E-state index in [-0.39, 0.29) is 23.7 Å². The van der Waals surface area contributed by atoms with Crippen LogP contribution in [0, 0.1) is 18.8 Å². The molecule has 0 spiro atoms. The van der Waals surface area contributed by atoms with Gasteiger partial charge >= 0.3 is 5.97 Å². The van der Waals surface area contributed by atoms with E-state index in [4.69, 9.17) is 14.5 Å². The van der Waals surface area contributed by atoms with E-state index in [2.05, 4.69) is 46.9 Å². The Morgan fingerprint density at radius 1 is 1.22 bits per heavy atom. The zero-order chi connectivity index (χ0) is 26.5. The number of imidazole rings is 1. The van der Waals surface area contributed by atoms with Crippen LogP contribution in [0.4, 0.5) is 0 Å². The van der Waals surface area contributed by atoms with Gasteiger partial charge in [-0.05, 0) is 75.6 Å².